The normalized spacial score (nSPS) is 12.1. The Kier molecular flexibility index (Phi) is 6.09. The predicted octanol–water partition coefficient (Wildman–Crippen LogP) is 5.23. The third-order valence-electron chi connectivity index (χ3n) is 5.56. The van der Waals surface area contributed by atoms with Crippen molar-refractivity contribution in [1.82, 2.24) is 14.9 Å². The molecule has 0 aliphatic carbocycles. The van der Waals surface area contributed by atoms with Crippen molar-refractivity contribution in [3.05, 3.63) is 65.1 Å². The summed E-state index contributed by atoms with van der Waals surface area (Å²) in [7, 11) is 1.75. The van der Waals surface area contributed by atoms with Gasteiger partial charge in [0.25, 0.3) is 5.91 Å². The highest BCUT2D eigenvalue weighted by atomic mass is 16.3. The molecule has 0 fully saturated rings. The number of H-pyrrole nitrogens is 1. The zero-order valence-corrected chi connectivity index (χ0v) is 20.1. The molecule has 0 unspecified atom stereocenters. The van der Waals surface area contributed by atoms with Crippen molar-refractivity contribution in [2.45, 2.75) is 58.9 Å². The number of hydrogen-bond donors (Lipinski definition) is 3. The van der Waals surface area contributed by atoms with Gasteiger partial charge >= 0.3 is 0 Å². The molecule has 3 aromatic rings. The maximum absolute atomic E-state index is 12.7. The van der Waals surface area contributed by atoms with Crippen LogP contribution in [0, 0.1) is 0 Å². The minimum atomic E-state index is -0.214. The van der Waals surface area contributed by atoms with E-state index in [1.54, 1.807) is 42.4 Å². The van der Waals surface area contributed by atoms with E-state index >= 15 is 0 Å². The molecule has 1 aromatic heterocycles. The first-order valence-corrected chi connectivity index (χ1v) is 10.8. The van der Waals surface area contributed by atoms with Crippen molar-refractivity contribution in [1.29, 1.82) is 0 Å². The van der Waals surface area contributed by atoms with E-state index in [1.165, 1.54) is 0 Å². The summed E-state index contributed by atoms with van der Waals surface area (Å²) >= 11 is 0. The van der Waals surface area contributed by atoms with Crippen molar-refractivity contribution in [3.63, 3.8) is 0 Å². The SMILES string of the molecule is CN(Cc1ncc(-c2cc(C(C)(C)C)c(O)c(C(C)(C)C)c2)[nH]1)C(=O)c1ccc(N)cc1. The summed E-state index contributed by atoms with van der Waals surface area (Å²) < 4.78 is 0. The molecule has 2 aromatic carbocycles. The lowest BCUT2D eigenvalue weighted by Gasteiger charge is -2.28. The maximum Gasteiger partial charge on any atom is 0.254 e. The highest BCUT2D eigenvalue weighted by molar-refractivity contribution is 5.94. The second kappa shape index (κ2) is 8.34. The van der Waals surface area contributed by atoms with Crippen LogP contribution in [0.3, 0.4) is 0 Å². The number of carbonyl (C=O) groups excluding carboxylic acids is 1. The molecule has 0 bridgehead atoms. The van der Waals surface area contributed by atoms with Crippen molar-refractivity contribution < 1.29 is 9.90 Å². The Bertz CT molecular complexity index is 1080. The van der Waals surface area contributed by atoms with E-state index in [1.807, 2.05) is 12.1 Å². The van der Waals surface area contributed by atoms with E-state index < -0.39 is 0 Å². The first-order chi connectivity index (χ1) is 14.8. The molecular weight excluding hydrogens is 400 g/mol. The molecule has 0 aliphatic heterocycles. The van der Waals surface area contributed by atoms with Crippen LogP contribution in [-0.4, -0.2) is 32.9 Å². The average molecular weight is 435 g/mol. The third-order valence-corrected chi connectivity index (χ3v) is 5.56. The third kappa shape index (κ3) is 4.96. The lowest BCUT2D eigenvalue weighted by Crippen LogP contribution is -2.26. The van der Waals surface area contributed by atoms with Crippen LogP contribution in [0.2, 0.25) is 0 Å². The largest absolute Gasteiger partial charge is 0.507 e. The first-order valence-electron chi connectivity index (χ1n) is 10.8. The lowest BCUT2D eigenvalue weighted by atomic mass is 9.78. The summed E-state index contributed by atoms with van der Waals surface area (Å²) in [4.78, 5) is 22.2. The quantitative estimate of drug-likeness (QED) is 0.490. The van der Waals surface area contributed by atoms with E-state index in [0.29, 0.717) is 29.4 Å². The number of aromatic hydroxyl groups is 1. The topological polar surface area (TPSA) is 95.2 Å². The van der Waals surface area contributed by atoms with Crippen LogP contribution in [-0.2, 0) is 17.4 Å². The first kappa shape index (κ1) is 23.4. The highest BCUT2D eigenvalue weighted by Crippen LogP contribution is 2.41. The molecule has 0 saturated heterocycles. The molecule has 3 rings (SSSR count). The number of nitrogens with two attached hydrogens (primary N) is 1. The number of aromatic nitrogens is 2. The number of phenols is 1. The molecule has 170 valence electrons. The molecule has 32 heavy (non-hydrogen) atoms. The fraction of sp³-hybridized carbons (Fsp3) is 0.385. The van der Waals surface area contributed by atoms with E-state index in [0.717, 1.165) is 22.4 Å². The summed E-state index contributed by atoms with van der Waals surface area (Å²) in [5, 5.41) is 11.0. The molecule has 4 N–H and O–H groups in total. The van der Waals surface area contributed by atoms with Crippen LogP contribution in [0.5, 0.6) is 5.75 Å². The summed E-state index contributed by atoms with van der Waals surface area (Å²) in [6.07, 6.45) is 1.78. The van der Waals surface area contributed by atoms with E-state index in [2.05, 4.69) is 51.5 Å². The van der Waals surface area contributed by atoms with Gasteiger partial charge in [-0.15, -0.1) is 0 Å². The Morgan fingerprint density at radius 2 is 1.56 bits per heavy atom. The molecule has 6 heteroatoms. The molecule has 0 radical (unpaired) electrons. The fourth-order valence-electron chi connectivity index (χ4n) is 3.67. The van der Waals surface area contributed by atoms with Crippen LogP contribution >= 0.6 is 0 Å². The molecular formula is C26H34N4O2. The number of nitrogen functional groups attached to an aromatic ring is 1. The summed E-state index contributed by atoms with van der Waals surface area (Å²) in [6.45, 7) is 12.9. The van der Waals surface area contributed by atoms with Crippen molar-refractivity contribution >= 4 is 11.6 Å². The number of carbonyl (C=O) groups is 1. The maximum atomic E-state index is 12.7. The number of nitrogens with zero attached hydrogens (tertiary/aromatic N) is 2. The number of imidazole rings is 1. The number of amides is 1. The predicted molar refractivity (Wildman–Crippen MR) is 130 cm³/mol. The smallest absolute Gasteiger partial charge is 0.254 e. The van der Waals surface area contributed by atoms with Gasteiger partial charge in [0.05, 0.1) is 18.4 Å². The minimum Gasteiger partial charge on any atom is -0.507 e. The van der Waals surface area contributed by atoms with Crippen LogP contribution in [0.15, 0.2) is 42.6 Å². The Balaban J connectivity index is 1.90. The number of aromatic amines is 1. The number of hydrogen-bond acceptors (Lipinski definition) is 4. The monoisotopic (exact) mass is 434 g/mol. The van der Waals surface area contributed by atoms with E-state index in [4.69, 9.17) is 5.73 Å². The second-order valence-corrected chi connectivity index (χ2v) is 10.4. The van der Waals surface area contributed by atoms with E-state index in [9.17, 15) is 9.90 Å². The molecule has 0 atom stereocenters. The minimum absolute atomic E-state index is 0.0994. The van der Waals surface area contributed by atoms with Crippen LogP contribution < -0.4 is 5.73 Å². The Morgan fingerprint density at radius 3 is 2.06 bits per heavy atom. The van der Waals surface area contributed by atoms with Crippen molar-refractivity contribution in [3.8, 4) is 17.0 Å². The zero-order chi connectivity index (χ0) is 23.8. The highest BCUT2D eigenvalue weighted by Gasteiger charge is 2.27. The molecule has 1 heterocycles. The summed E-state index contributed by atoms with van der Waals surface area (Å²) in [5.41, 5.74) is 10.1. The van der Waals surface area contributed by atoms with Gasteiger partial charge in [0.1, 0.15) is 11.6 Å². The number of phenolic OH excluding ortho intramolecular Hbond substituents is 1. The zero-order valence-electron chi connectivity index (χ0n) is 20.1. The Morgan fingerprint density at radius 1 is 1.03 bits per heavy atom. The van der Waals surface area contributed by atoms with Gasteiger partial charge < -0.3 is 20.7 Å². The van der Waals surface area contributed by atoms with Gasteiger partial charge in [-0.2, -0.15) is 0 Å². The van der Waals surface area contributed by atoms with Gasteiger partial charge in [0, 0.05) is 35.0 Å². The molecule has 1 amide bonds. The van der Waals surface area contributed by atoms with Crippen LogP contribution in [0.25, 0.3) is 11.3 Å². The Labute approximate surface area is 190 Å². The van der Waals surface area contributed by atoms with Crippen LogP contribution in [0.4, 0.5) is 5.69 Å². The van der Waals surface area contributed by atoms with Gasteiger partial charge in [-0.3, -0.25) is 4.79 Å². The lowest BCUT2D eigenvalue weighted by molar-refractivity contribution is 0.0782. The standard InChI is InChI=1S/C26H34N4O2/c1-25(2,3)19-12-17(13-20(23(19)31)26(4,5)6)21-14-28-22(29-21)15-30(7)24(32)16-8-10-18(27)11-9-16/h8-14,31H,15,27H2,1-7H3,(H,28,29). The van der Waals surface area contributed by atoms with Gasteiger partial charge in [0.15, 0.2) is 0 Å². The van der Waals surface area contributed by atoms with Crippen molar-refractivity contribution in [2.75, 3.05) is 12.8 Å². The summed E-state index contributed by atoms with van der Waals surface area (Å²) in [5.74, 6) is 0.939. The number of rotatable bonds is 4. The van der Waals surface area contributed by atoms with Gasteiger partial charge in [0.2, 0.25) is 0 Å². The fourth-order valence-corrected chi connectivity index (χ4v) is 3.67. The number of benzene rings is 2. The van der Waals surface area contributed by atoms with Gasteiger partial charge in [-0.05, 0) is 47.2 Å². The second-order valence-electron chi connectivity index (χ2n) is 10.4. The van der Waals surface area contributed by atoms with Crippen molar-refractivity contribution in [2.24, 2.45) is 0 Å². The molecule has 6 nitrogen and oxygen atoms in total. The average Bonchev–Trinajstić information content (AvgIpc) is 3.14. The van der Waals surface area contributed by atoms with E-state index in [-0.39, 0.29) is 16.7 Å². The molecule has 0 spiro atoms. The Hall–Kier alpha value is -3.28. The van der Waals surface area contributed by atoms with Crippen LogP contribution in [0.1, 0.15) is 68.9 Å². The number of nitrogens with one attached hydrogen (secondary N) is 1. The molecule has 0 aliphatic rings. The summed E-state index contributed by atoms with van der Waals surface area (Å²) in [6, 6.07) is 10.9. The number of anilines is 1. The molecule has 0 saturated carbocycles. The van der Waals surface area contributed by atoms with Gasteiger partial charge in [-0.25, -0.2) is 4.98 Å². The van der Waals surface area contributed by atoms with Gasteiger partial charge in [-0.1, -0.05) is 41.5 Å².